The first-order chi connectivity index (χ1) is 13.5. The fourth-order valence-corrected chi connectivity index (χ4v) is 2.69. The molecule has 2 aromatic carbocycles. The largest absolute Gasteiger partial charge is 0.497 e. The number of carbonyl (C=O) groups is 1. The molecule has 3 aromatic rings. The quantitative estimate of drug-likeness (QED) is 0.654. The Kier molecular flexibility index (Phi) is 6.16. The first kappa shape index (κ1) is 19.3. The number of aryl methyl sites for hydroxylation is 1. The number of para-hydroxylation sites is 1. The normalized spacial score (nSPS) is 10.4. The molecule has 6 nitrogen and oxygen atoms in total. The molecule has 1 amide bonds. The number of nitrogens with one attached hydrogen (secondary N) is 2. The molecule has 0 bridgehead atoms. The molecular weight excluding hydrogens is 359 g/mol. The molecule has 0 unspecified atom stereocenters. The Bertz CT molecular complexity index is 978. The van der Waals surface area contributed by atoms with Gasteiger partial charge in [-0.3, -0.25) is 4.79 Å². The summed E-state index contributed by atoms with van der Waals surface area (Å²) in [7, 11) is 1.62. The molecule has 0 aliphatic rings. The zero-order chi connectivity index (χ0) is 19.9. The second-order valence-corrected chi connectivity index (χ2v) is 6.15. The van der Waals surface area contributed by atoms with Gasteiger partial charge < -0.3 is 15.4 Å². The van der Waals surface area contributed by atoms with Crippen LogP contribution in [0.2, 0.25) is 0 Å². The van der Waals surface area contributed by atoms with Crippen molar-refractivity contribution < 1.29 is 13.9 Å². The van der Waals surface area contributed by atoms with Gasteiger partial charge >= 0.3 is 0 Å². The van der Waals surface area contributed by atoms with Crippen molar-refractivity contribution in [2.75, 3.05) is 19.0 Å². The Balaban J connectivity index is 1.64. The summed E-state index contributed by atoms with van der Waals surface area (Å²) in [5.41, 5.74) is 1.56. The number of rotatable bonds is 7. The average molecular weight is 380 g/mol. The molecule has 0 radical (unpaired) electrons. The third-order valence-corrected chi connectivity index (χ3v) is 4.04. The van der Waals surface area contributed by atoms with E-state index in [9.17, 15) is 9.18 Å². The van der Waals surface area contributed by atoms with E-state index in [4.69, 9.17) is 4.74 Å². The Labute approximate surface area is 162 Å². The van der Waals surface area contributed by atoms with E-state index < -0.39 is 5.82 Å². The number of hydrogen-bond donors (Lipinski definition) is 2. The smallest absolute Gasteiger partial charge is 0.270 e. The number of halogens is 1. The van der Waals surface area contributed by atoms with Crippen LogP contribution in [0.1, 0.15) is 21.9 Å². The maximum Gasteiger partial charge on any atom is 0.270 e. The lowest BCUT2D eigenvalue weighted by Gasteiger charge is -2.10. The minimum absolute atomic E-state index is 0.219. The van der Waals surface area contributed by atoms with Gasteiger partial charge in [-0.25, -0.2) is 14.4 Å². The second-order valence-electron chi connectivity index (χ2n) is 6.15. The van der Waals surface area contributed by atoms with E-state index in [1.807, 2.05) is 24.3 Å². The second kappa shape index (κ2) is 8.94. The molecule has 0 fully saturated rings. The first-order valence-electron chi connectivity index (χ1n) is 8.83. The summed E-state index contributed by atoms with van der Waals surface area (Å²) in [5.74, 6) is 0.835. The minimum Gasteiger partial charge on any atom is -0.497 e. The van der Waals surface area contributed by atoms with Gasteiger partial charge in [0.05, 0.1) is 12.8 Å². The fourth-order valence-electron chi connectivity index (χ4n) is 2.69. The van der Waals surface area contributed by atoms with Crippen molar-refractivity contribution >= 4 is 17.4 Å². The molecule has 0 spiro atoms. The van der Waals surface area contributed by atoms with E-state index in [0.717, 1.165) is 11.3 Å². The number of amides is 1. The number of aromatic nitrogens is 2. The molecule has 1 aromatic heterocycles. The van der Waals surface area contributed by atoms with Gasteiger partial charge in [0, 0.05) is 12.6 Å². The van der Waals surface area contributed by atoms with Crippen LogP contribution in [0.25, 0.3) is 0 Å². The maximum absolute atomic E-state index is 13.8. The number of methoxy groups -OCH3 is 1. The van der Waals surface area contributed by atoms with Gasteiger partial charge in [0.2, 0.25) is 0 Å². The Morgan fingerprint density at radius 2 is 1.93 bits per heavy atom. The SMILES string of the molecule is COc1cccc(CCNC(=O)c2cc(Nc3ccccc3F)nc(C)n2)c1. The van der Waals surface area contributed by atoms with E-state index in [2.05, 4.69) is 20.6 Å². The van der Waals surface area contributed by atoms with E-state index >= 15 is 0 Å². The van der Waals surface area contributed by atoms with Gasteiger partial charge in [0.25, 0.3) is 5.91 Å². The lowest BCUT2D eigenvalue weighted by Crippen LogP contribution is -2.27. The van der Waals surface area contributed by atoms with Crippen LogP contribution < -0.4 is 15.4 Å². The number of benzene rings is 2. The van der Waals surface area contributed by atoms with Crippen molar-refractivity contribution in [3.05, 3.63) is 77.5 Å². The Morgan fingerprint density at radius 3 is 2.71 bits per heavy atom. The molecule has 0 aliphatic heterocycles. The maximum atomic E-state index is 13.8. The van der Waals surface area contributed by atoms with E-state index in [-0.39, 0.29) is 17.3 Å². The van der Waals surface area contributed by atoms with Gasteiger partial charge in [0.1, 0.15) is 28.9 Å². The van der Waals surface area contributed by atoms with Crippen LogP contribution in [0.4, 0.5) is 15.9 Å². The average Bonchev–Trinajstić information content (AvgIpc) is 2.69. The molecule has 0 saturated carbocycles. The Hall–Kier alpha value is -3.48. The Morgan fingerprint density at radius 1 is 1.11 bits per heavy atom. The number of ether oxygens (including phenoxy) is 1. The van der Waals surface area contributed by atoms with Crippen molar-refractivity contribution in [2.45, 2.75) is 13.3 Å². The molecule has 0 aliphatic carbocycles. The van der Waals surface area contributed by atoms with Gasteiger partial charge in [0.15, 0.2) is 0 Å². The van der Waals surface area contributed by atoms with E-state index in [0.29, 0.717) is 24.6 Å². The molecule has 28 heavy (non-hydrogen) atoms. The minimum atomic E-state index is -0.400. The molecule has 0 saturated heterocycles. The third kappa shape index (κ3) is 5.03. The predicted molar refractivity (Wildman–Crippen MR) is 105 cm³/mol. The van der Waals surface area contributed by atoms with Crippen molar-refractivity contribution in [3.63, 3.8) is 0 Å². The summed E-state index contributed by atoms with van der Waals surface area (Å²) >= 11 is 0. The summed E-state index contributed by atoms with van der Waals surface area (Å²) in [6.45, 7) is 2.13. The van der Waals surface area contributed by atoms with E-state index in [1.165, 1.54) is 12.1 Å². The highest BCUT2D eigenvalue weighted by Gasteiger charge is 2.11. The van der Waals surface area contributed by atoms with Crippen LogP contribution in [-0.2, 0) is 6.42 Å². The molecule has 2 N–H and O–H groups in total. The summed E-state index contributed by atoms with van der Waals surface area (Å²) in [5, 5.41) is 5.73. The van der Waals surface area contributed by atoms with Crippen LogP contribution in [0.5, 0.6) is 5.75 Å². The number of carbonyl (C=O) groups excluding carboxylic acids is 1. The topological polar surface area (TPSA) is 76.1 Å². The molecule has 3 rings (SSSR count). The number of hydrogen-bond acceptors (Lipinski definition) is 5. The standard InChI is InChI=1S/C21H21FN4O2/c1-14-24-19(13-20(25-14)26-18-9-4-3-8-17(18)22)21(27)23-11-10-15-6-5-7-16(12-15)28-2/h3-9,12-13H,10-11H2,1-2H3,(H,23,27)(H,24,25,26). The van der Waals surface area contributed by atoms with Crippen LogP contribution >= 0.6 is 0 Å². The summed E-state index contributed by atoms with van der Waals surface area (Å²) in [6, 6.07) is 15.4. The van der Waals surface area contributed by atoms with Crippen molar-refractivity contribution in [1.82, 2.24) is 15.3 Å². The van der Waals surface area contributed by atoms with Crippen molar-refractivity contribution in [2.24, 2.45) is 0 Å². The van der Waals surface area contributed by atoms with Gasteiger partial charge in [-0.05, 0) is 43.2 Å². The summed E-state index contributed by atoms with van der Waals surface area (Å²) in [4.78, 5) is 20.8. The van der Waals surface area contributed by atoms with Crippen LogP contribution in [0.3, 0.4) is 0 Å². The van der Waals surface area contributed by atoms with Crippen LogP contribution in [0, 0.1) is 12.7 Å². The van der Waals surface area contributed by atoms with Crippen molar-refractivity contribution in [1.29, 1.82) is 0 Å². The zero-order valence-electron chi connectivity index (χ0n) is 15.7. The molecular formula is C21H21FN4O2. The fraction of sp³-hybridized carbons (Fsp3) is 0.190. The van der Waals surface area contributed by atoms with Gasteiger partial charge in [-0.2, -0.15) is 0 Å². The van der Waals surface area contributed by atoms with Crippen LogP contribution in [0.15, 0.2) is 54.6 Å². The highest BCUT2D eigenvalue weighted by atomic mass is 19.1. The van der Waals surface area contributed by atoms with Gasteiger partial charge in [-0.1, -0.05) is 24.3 Å². The highest BCUT2D eigenvalue weighted by molar-refractivity contribution is 5.93. The monoisotopic (exact) mass is 380 g/mol. The number of anilines is 2. The lowest BCUT2D eigenvalue weighted by atomic mass is 10.1. The third-order valence-electron chi connectivity index (χ3n) is 4.04. The molecule has 144 valence electrons. The lowest BCUT2D eigenvalue weighted by molar-refractivity contribution is 0.0949. The first-order valence-corrected chi connectivity index (χ1v) is 8.83. The van der Waals surface area contributed by atoms with E-state index in [1.54, 1.807) is 32.2 Å². The summed E-state index contributed by atoms with van der Waals surface area (Å²) < 4.78 is 19.0. The molecule has 1 heterocycles. The van der Waals surface area contributed by atoms with Crippen molar-refractivity contribution in [3.8, 4) is 5.75 Å². The zero-order valence-corrected chi connectivity index (χ0v) is 15.7. The predicted octanol–water partition coefficient (Wildman–Crippen LogP) is 3.65. The summed E-state index contributed by atoms with van der Waals surface area (Å²) in [6.07, 6.45) is 0.660. The highest BCUT2D eigenvalue weighted by Crippen LogP contribution is 2.18. The molecule has 0 atom stereocenters. The molecule has 7 heteroatoms. The number of nitrogens with zero attached hydrogens (tertiary/aromatic N) is 2. The van der Waals surface area contributed by atoms with Gasteiger partial charge in [-0.15, -0.1) is 0 Å². The van der Waals surface area contributed by atoms with Crippen LogP contribution in [-0.4, -0.2) is 29.5 Å².